The Kier molecular flexibility index (Phi) is 5.97. The Balaban J connectivity index is 2.15. The van der Waals surface area contributed by atoms with Gasteiger partial charge in [0.2, 0.25) is 0 Å². The molecule has 0 heterocycles. The summed E-state index contributed by atoms with van der Waals surface area (Å²) in [5, 5.41) is 4.20. The number of rotatable bonds is 5. The fourth-order valence-corrected chi connectivity index (χ4v) is 3.31. The summed E-state index contributed by atoms with van der Waals surface area (Å²) in [5.74, 6) is 0. The van der Waals surface area contributed by atoms with Crippen LogP contribution in [0.3, 0.4) is 0 Å². The molecule has 0 saturated carbocycles. The van der Waals surface area contributed by atoms with Gasteiger partial charge in [0.15, 0.2) is 0 Å². The van der Waals surface area contributed by atoms with Crippen LogP contribution in [0, 0.1) is 0 Å². The average molecular weight is 371 g/mol. The lowest BCUT2D eigenvalue weighted by molar-refractivity contribution is 0.598. The van der Waals surface area contributed by atoms with Gasteiger partial charge < -0.3 is 5.32 Å². The summed E-state index contributed by atoms with van der Waals surface area (Å²) in [6, 6.07) is 14.9. The van der Waals surface area contributed by atoms with Crippen LogP contribution in [0.2, 0.25) is 5.02 Å². The summed E-state index contributed by atoms with van der Waals surface area (Å²) in [5.41, 5.74) is 1.22. The van der Waals surface area contributed by atoms with E-state index < -0.39 is 0 Å². The van der Waals surface area contributed by atoms with Crippen LogP contribution in [0.4, 0.5) is 0 Å². The lowest BCUT2D eigenvalue weighted by Gasteiger charge is -2.14. The summed E-state index contributed by atoms with van der Waals surface area (Å²) in [7, 11) is 0. The molecule has 0 saturated heterocycles. The smallest absolute Gasteiger partial charge is 0.0548 e. The van der Waals surface area contributed by atoms with Crippen molar-refractivity contribution in [2.45, 2.75) is 29.7 Å². The van der Waals surface area contributed by atoms with Crippen LogP contribution in [0.1, 0.15) is 25.5 Å². The van der Waals surface area contributed by atoms with Gasteiger partial charge in [-0.2, -0.15) is 0 Å². The monoisotopic (exact) mass is 369 g/mol. The number of benzene rings is 2. The molecule has 2 aromatic rings. The van der Waals surface area contributed by atoms with Crippen molar-refractivity contribution in [1.82, 2.24) is 5.32 Å². The maximum absolute atomic E-state index is 6.40. The van der Waals surface area contributed by atoms with Gasteiger partial charge in [-0.1, -0.05) is 52.3 Å². The molecular formula is C16H17BrClNS. The normalized spacial score (nSPS) is 12.4. The molecule has 2 aromatic carbocycles. The fraction of sp³-hybridized carbons (Fsp3) is 0.250. The van der Waals surface area contributed by atoms with Crippen LogP contribution in [0.25, 0.3) is 0 Å². The summed E-state index contributed by atoms with van der Waals surface area (Å²) in [6.45, 7) is 5.21. The second kappa shape index (κ2) is 7.51. The van der Waals surface area contributed by atoms with Crippen LogP contribution in [0.5, 0.6) is 0 Å². The largest absolute Gasteiger partial charge is 0.310 e. The molecule has 0 radical (unpaired) electrons. The molecule has 106 valence electrons. The second-order valence-corrected chi connectivity index (χ2v) is 6.96. The highest BCUT2D eigenvalue weighted by molar-refractivity contribution is 9.10. The quantitative estimate of drug-likeness (QED) is 0.700. The molecule has 20 heavy (non-hydrogen) atoms. The van der Waals surface area contributed by atoms with Crippen LogP contribution in [0.15, 0.2) is 56.7 Å². The molecule has 0 aromatic heterocycles. The van der Waals surface area contributed by atoms with E-state index in [-0.39, 0.29) is 0 Å². The van der Waals surface area contributed by atoms with Gasteiger partial charge in [0.25, 0.3) is 0 Å². The first-order chi connectivity index (χ1) is 9.60. The van der Waals surface area contributed by atoms with Crippen molar-refractivity contribution in [3.05, 3.63) is 57.5 Å². The highest BCUT2D eigenvalue weighted by Gasteiger charge is 2.08. The molecule has 2 rings (SSSR count). The van der Waals surface area contributed by atoms with Gasteiger partial charge in [-0.3, -0.25) is 0 Å². The van der Waals surface area contributed by atoms with E-state index in [9.17, 15) is 0 Å². The van der Waals surface area contributed by atoms with Gasteiger partial charge in [0.1, 0.15) is 0 Å². The minimum Gasteiger partial charge on any atom is -0.310 e. The predicted octanol–water partition coefficient (Wildman–Crippen LogP) is 5.92. The van der Waals surface area contributed by atoms with E-state index in [0.29, 0.717) is 6.04 Å². The second-order valence-electron chi connectivity index (χ2n) is 4.53. The first kappa shape index (κ1) is 15.9. The van der Waals surface area contributed by atoms with E-state index in [1.807, 2.05) is 12.1 Å². The Bertz CT molecular complexity index is 571. The molecule has 0 aliphatic heterocycles. The van der Waals surface area contributed by atoms with Gasteiger partial charge in [0, 0.05) is 20.3 Å². The van der Waals surface area contributed by atoms with Crippen molar-refractivity contribution in [3.63, 3.8) is 0 Å². The van der Waals surface area contributed by atoms with Gasteiger partial charge in [-0.15, -0.1) is 0 Å². The molecule has 0 aliphatic carbocycles. The molecular weight excluding hydrogens is 354 g/mol. The summed E-state index contributed by atoms with van der Waals surface area (Å²) in [6.07, 6.45) is 0. The summed E-state index contributed by atoms with van der Waals surface area (Å²) < 4.78 is 1.09. The van der Waals surface area contributed by atoms with Crippen molar-refractivity contribution in [2.24, 2.45) is 0 Å². The van der Waals surface area contributed by atoms with Crippen LogP contribution in [-0.2, 0) is 0 Å². The van der Waals surface area contributed by atoms with Gasteiger partial charge >= 0.3 is 0 Å². The third-order valence-electron chi connectivity index (χ3n) is 3.01. The molecule has 1 unspecified atom stereocenters. The molecule has 4 heteroatoms. The Morgan fingerprint density at radius 1 is 1.20 bits per heavy atom. The van der Waals surface area contributed by atoms with E-state index >= 15 is 0 Å². The van der Waals surface area contributed by atoms with Crippen molar-refractivity contribution in [2.75, 3.05) is 6.54 Å². The van der Waals surface area contributed by atoms with Gasteiger partial charge in [-0.25, -0.2) is 0 Å². The minimum absolute atomic E-state index is 0.323. The van der Waals surface area contributed by atoms with Crippen molar-refractivity contribution < 1.29 is 0 Å². The molecule has 0 spiro atoms. The third-order valence-corrected chi connectivity index (χ3v) is 5.04. The third kappa shape index (κ3) is 4.26. The van der Waals surface area contributed by atoms with Crippen LogP contribution < -0.4 is 5.32 Å². The van der Waals surface area contributed by atoms with Crippen molar-refractivity contribution >= 4 is 39.3 Å². The fourth-order valence-electron chi connectivity index (χ4n) is 1.92. The number of hydrogen-bond acceptors (Lipinski definition) is 2. The zero-order valence-corrected chi connectivity index (χ0v) is 14.6. The topological polar surface area (TPSA) is 12.0 Å². The molecule has 1 N–H and O–H groups in total. The van der Waals surface area contributed by atoms with Crippen molar-refractivity contribution in [3.8, 4) is 0 Å². The molecule has 0 amide bonds. The Hall–Kier alpha value is -0.480. The standard InChI is InChI=1S/C16H17BrClNS/c1-3-19-11(2)12-4-9-16(15(18)10-12)20-14-7-5-13(17)6-8-14/h4-11,19H,3H2,1-2H3. The van der Waals surface area contributed by atoms with Gasteiger partial charge in [0.05, 0.1) is 5.02 Å². The maximum atomic E-state index is 6.40. The SMILES string of the molecule is CCNC(C)c1ccc(Sc2ccc(Br)cc2)c(Cl)c1. The number of hydrogen-bond donors (Lipinski definition) is 1. The molecule has 0 aliphatic rings. The molecule has 1 atom stereocenters. The highest BCUT2D eigenvalue weighted by atomic mass is 79.9. The number of halogens is 2. The Morgan fingerprint density at radius 2 is 1.90 bits per heavy atom. The zero-order chi connectivity index (χ0) is 14.5. The minimum atomic E-state index is 0.323. The van der Waals surface area contributed by atoms with Crippen molar-refractivity contribution in [1.29, 1.82) is 0 Å². The summed E-state index contributed by atoms with van der Waals surface area (Å²) >= 11 is 11.5. The first-order valence-corrected chi connectivity index (χ1v) is 8.55. The Labute approximate surface area is 138 Å². The first-order valence-electron chi connectivity index (χ1n) is 6.56. The molecule has 0 bridgehead atoms. The van der Waals surface area contributed by atoms with E-state index in [1.54, 1.807) is 11.8 Å². The Morgan fingerprint density at radius 3 is 2.50 bits per heavy atom. The zero-order valence-electron chi connectivity index (χ0n) is 11.5. The highest BCUT2D eigenvalue weighted by Crippen LogP contribution is 2.35. The maximum Gasteiger partial charge on any atom is 0.0548 e. The van der Waals surface area contributed by atoms with E-state index in [2.05, 4.69) is 65.4 Å². The predicted molar refractivity (Wildman–Crippen MR) is 91.8 cm³/mol. The molecule has 0 fully saturated rings. The van der Waals surface area contributed by atoms with E-state index in [0.717, 1.165) is 20.9 Å². The van der Waals surface area contributed by atoms with Crippen LogP contribution in [-0.4, -0.2) is 6.54 Å². The lowest BCUT2D eigenvalue weighted by Crippen LogP contribution is -2.17. The number of nitrogens with one attached hydrogen (secondary N) is 1. The van der Waals surface area contributed by atoms with Crippen LogP contribution >= 0.6 is 39.3 Å². The van der Waals surface area contributed by atoms with E-state index in [4.69, 9.17) is 11.6 Å². The summed E-state index contributed by atoms with van der Waals surface area (Å²) in [4.78, 5) is 2.27. The van der Waals surface area contributed by atoms with Gasteiger partial charge in [-0.05, 0) is 55.4 Å². The lowest BCUT2D eigenvalue weighted by atomic mass is 10.1. The van der Waals surface area contributed by atoms with E-state index in [1.165, 1.54) is 10.5 Å². The molecule has 1 nitrogen and oxygen atoms in total. The average Bonchev–Trinajstić information content (AvgIpc) is 2.43.